The number of aromatic amines is 1. The summed E-state index contributed by atoms with van der Waals surface area (Å²) in [6.45, 7) is 6.24. The van der Waals surface area contributed by atoms with Gasteiger partial charge in [0.1, 0.15) is 0 Å². The van der Waals surface area contributed by atoms with Crippen molar-refractivity contribution in [2.75, 3.05) is 23.4 Å². The van der Waals surface area contributed by atoms with E-state index in [0.717, 1.165) is 18.7 Å². The van der Waals surface area contributed by atoms with Gasteiger partial charge in [0.05, 0.1) is 17.1 Å². The second kappa shape index (κ2) is 7.61. The summed E-state index contributed by atoms with van der Waals surface area (Å²) in [5, 5.41) is 4.71. The minimum Gasteiger partial charge on any atom is -0.372 e. The van der Waals surface area contributed by atoms with Gasteiger partial charge in [0.15, 0.2) is 0 Å². The third-order valence-corrected chi connectivity index (χ3v) is 4.02. The molecule has 2 N–H and O–H groups in total. The van der Waals surface area contributed by atoms with Gasteiger partial charge in [-0.1, -0.05) is 24.3 Å². The molecule has 3 rings (SSSR count). The van der Waals surface area contributed by atoms with Gasteiger partial charge in [-0.15, -0.1) is 0 Å². The van der Waals surface area contributed by atoms with Gasteiger partial charge in [0, 0.05) is 18.8 Å². The Bertz CT molecular complexity index is 926. The standard InChI is InChI=1S/C19H21N5O/c1-3-24(4-2)15-11-9-14(10-12-15)13-20-23-19-21-17-8-6-5-7-16(17)18(25)22-19/h5-13H,3-4H2,1-2H3,(H2,21,22,23,25)/b20-13+. The molecule has 0 bridgehead atoms. The average Bonchev–Trinajstić information content (AvgIpc) is 2.64. The fourth-order valence-corrected chi connectivity index (χ4v) is 2.67. The maximum atomic E-state index is 12.0. The maximum absolute atomic E-state index is 12.0. The molecule has 128 valence electrons. The van der Waals surface area contributed by atoms with E-state index in [1.54, 1.807) is 18.3 Å². The van der Waals surface area contributed by atoms with Crippen molar-refractivity contribution >= 4 is 28.8 Å². The average molecular weight is 335 g/mol. The molecule has 1 aromatic heterocycles. The van der Waals surface area contributed by atoms with E-state index in [-0.39, 0.29) is 5.56 Å². The van der Waals surface area contributed by atoms with Crippen molar-refractivity contribution in [2.24, 2.45) is 5.10 Å². The van der Waals surface area contributed by atoms with E-state index in [1.807, 2.05) is 24.3 Å². The molecule has 0 saturated heterocycles. The first-order chi connectivity index (χ1) is 12.2. The number of aromatic nitrogens is 2. The van der Waals surface area contributed by atoms with Crippen LogP contribution in [0.5, 0.6) is 0 Å². The lowest BCUT2D eigenvalue weighted by atomic mass is 10.2. The molecular weight excluding hydrogens is 314 g/mol. The Balaban J connectivity index is 1.72. The van der Waals surface area contributed by atoms with Crippen LogP contribution in [0.25, 0.3) is 10.9 Å². The molecule has 0 atom stereocenters. The number of nitrogens with zero attached hydrogens (tertiary/aromatic N) is 3. The van der Waals surface area contributed by atoms with E-state index in [9.17, 15) is 4.79 Å². The van der Waals surface area contributed by atoms with E-state index in [0.29, 0.717) is 16.9 Å². The number of hydrogen-bond acceptors (Lipinski definition) is 5. The van der Waals surface area contributed by atoms with Crippen LogP contribution in [0, 0.1) is 0 Å². The van der Waals surface area contributed by atoms with Crippen LogP contribution in [-0.4, -0.2) is 29.3 Å². The molecule has 0 aliphatic carbocycles. The predicted molar refractivity (Wildman–Crippen MR) is 104 cm³/mol. The van der Waals surface area contributed by atoms with Crippen molar-refractivity contribution in [3.05, 3.63) is 64.4 Å². The van der Waals surface area contributed by atoms with Gasteiger partial charge in [-0.05, 0) is 43.7 Å². The number of H-pyrrole nitrogens is 1. The monoisotopic (exact) mass is 335 g/mol. The van der Waals surface area contributed by atoms with Gasteiger partial charge in [0.25, 0.3) is 5.56 Å². The third-order valence-electron chi connectivity index (χ3n) is 4.02. The molecule has 0 saturated carbocycles. The molecule has 6 heteroatoms. The van der Waals surface area contributed by atoms with Gasteiger partial charge in [0.2, 0.25) is 5.95 Å². The summed E-state index contributed by atoms with van der Waals surface area (Å²) in [6.07, 6.45) is 1.70. The van der Waals surface area contributed by atoms with Crippen LogP contribution < -0.4 is 15.9 Å². The molecule has 2 aromatic carbocycles. The SMILES string of the molecule is CCN(CC)c1ccc(/C=N/Nc2nc3ccccc3c(=O)[nH]2)cc1. The molecule has 0 aliphatic rings. The van der Waals surface area contributed by atoms with E-state index in [1.165, 1.54) is 5.69 Å². The molecule has 3 aromatic rings. The lowest BCUT2D eigenvalue weighted by Gasteiger charge is -2.20. The summed E-state index contributed by atoms with van der Waals surface area (Å²) < 4.78 is 0. The second-order valence-electron chi connectivity index (χ2n) is 5.57. The Morgan fingerprint density at radius 3 is 2.56 bits per heavy atom. The highest BCUT2D eigenvalue weighted by Gasteiger charge is 2.02. The highest BCUT2D eigenvalue weighted by atomic mass is 16.1. The van der Waals surface area contributed by atoms with E-state index in [4.69, 9.17) is 0 Å². The number of para-hydroxylation sites is 1. The van der Waals surface area contributed by atoms with Crippen LogP contribution >= 0.6 is 0 Å². The molecule has 1 heterocycles. The van der Waals surface area contributed by atoms with Crippen molar-refractivity contribution in [1.29, 1.82) is 0 Å². The lowest BCUT2D eigenvalue weighted by molar-refractivity contribution is 0.866. The number of rotatable bonds is 6. The fraction of sp³-hybridized carbons (Fsp3) is 0.211. The number of hydrazone groups is 1. The van der Waals surface area contributed by atoms with Crippen molar-refractivity contribution in [2.45, 2.75) is 13.8 Å². The van der Waals surface area contributed by atoms with Crippen molar-refractivity contribution in [3.63, 3.8) is 0 Å². The topological polar surface area (TPSA) is 73.4 Å². The zero-order chi connectivity index (χ0) is 17.6. The highest BCUT2D eigenvalue weighted by molar-refractivity contribution is 5.81. The molecule has 0 fully saturated rings. The van der Waals surface area contributed by atoms with Gasteiger partial charge < -0.3 is 4.90 Å². The molecule has 0 aliphatic heterocycles. The van der Waals surface area contributed by atoms with Crippen LogP contribution in [0.1, 0.15) is 19.4 Å². The zero-order valence-corrected chi connectivity index (χ0v) is 14.4. The molecular formula is C19H21N5O. The minimum absolute atomic E-state index is 0.188. The van der Waals surface area contributed by atoms with E-state index in [2.05, 4.69) is 51.4 Å². The van der Waals surface area contributed by atoms with Crippen molar-refractivity contribution < 1.29 is 0 Å². The van der Waals surface area contributed by atoms with Gasteiger partial charge >= 0.3 is 0 Å². The summed E-state index contributed by atoms with van der Waals surface area (Å²) in [5.41, 5.74) is 5.38. The first-order valence-corrected chi connectivity index (χ1v) is 8.34. The van der Waals surface area contributed by atoms with Crippen LogP contribution in [0.4, 0.5) is 11.6 Å². The van der Waals surface area contributed by atoms with Crippen molar-refractivity contribution in [1.82, 2.24) is 9.97 Å². The molecule has 0 unspecified atom stereocenters. The summed E-state index contributed by atoms with van der Waals surface area (Å²) in [7, 11) is 0. The van der Waals surface area contributed by atoms with Crippen LogP contribution in [0.2, 0.25) is 0 Å². The molecule has 0 amide bonds. The molecule has 25 heavy (non-hydrogen) atoms. The molecule has 0 spiro atoms. The van der Waals surface area contributed by atoms with Gasteiger partial charge in [-0.25, -0.2) is 10.4 Å². The number of nitrogens with one attached hydrogen (secondary N) is 2. The fourth-order valence-electron chi connectivity index (χ4n) is 2.67. The first kappa shape index (κ1) is 16.7. The Labute approximate surface area is 146 Å². The number of hydrogen-bond donors (Lipinski definition) is 2. The first-order valence-electron chi connectivity index (χ1n) is 8.34. The van der Waals surface area contributed by atoms with Gasteiger partial charge in [-0.3, -0.25) is 9.78 Å². The Morgan fingerprint density at radius 2 is 1.84 bits per heavy atom. The summed E-state index contributed by atoms with van der Waals surface area (Å²) in [5.74, 6) is 0.319. The van der Waals surface area contributed by atoms with Gasteiger partial charge in [-0.2, -0.15) is 5.10 Å². The summed E-state index contributed by atoms with van der Waals surface area (Å²) in [4.78, 5) is 21.3. The zero-order valence-electron chi connectivity index (χ0n) is 14.4. The molecule has 6 nitrogen and oxygen atoms in total. The molecule has 0 radical (unpaired) electrons. The highest BCUT2D eigenvalue weighted by Crippen LogP contribution is 2.14. The Kier molecular flexibility index (Phi) is 5.09. The minimum atomic E-state index is -0.188. The smallest absolute Gasteiger partial charge is 0.260 e. The van der Waals surface area contributed by atoms with Crippen molar-refractivity contribution in [3.8, 4) is 0 Å². The van der Waals surface area contributed by atoms with Crippen LogP contribution in [0.15, 0.2) is 58.4 Å². The Morgan fingerprint density at radius 1 is 1.12 bits per heavy atom. The number of fused-ring (bicyclic) bond motifs is 1. The third kappa shape index (κ3) is 3.85. The summed E-state index contributed by atoms with van der Waals surface area (Å²) in [6, 6.07) is 15.4. The van der Waals surface area contributed by atoms with Crippen LogP contribution in [0.3, 0.4) is 0 Å². The van der Waals surface area contributed by atoms with E-state index < -0.39 is 0 Å². The summed E-state index contributed by atoms with van der Waals surface area (Å²) >= 11 is 0. The maximum Gasteiger partial charge on any atom is 0.260 e. The largest absolute Gasteiger partial charge is 0.372 e. The lowest BCUT2D eigenvalue weighted by Crippen LogP contribution is -2.21. The number of anilines is 2. The van der Waals surface area contributed by atoms with E-state index >= 15 is 0 Å². The predicted octanol–water partition coefficient (Wildman–Crippen LogP) is 3.22. The van der Waals surface area contributed by atoms with Crippen LogP contribution in [-0.2, 0) is 0 Å². The second-order valence-corrected chi connectivity index (χ2v) is 5.57. The quantitative estimate of drug-likeness (QED) is 0.536. The number of benzene rings is 2. The normalized spacial score (nSPS) is 11.1. The Hall–Kier alpha value is -3.15.